The molecule has 0 atom stereocenters. The molecule has 0 saturated carbocycles. The van der Waals surface area contributed by atoms with Crippen molar-refractivity contribution in [1.29, 1.82) is 0 Å². The highest BCUT2D eigenvalue weighted by atomic mass is 32.1. The third kappa shape index (κ3) is 6.31. The molecule has 0 radical (unpaired) electrons. The summed E-state index contributed by atoms with van der Waals surface area (Å²) in [5, 5.41) is 6.14. The van der Waals surface area contributed by atoms with Gasteiger partial charge in [-0.3, -0.25) is 9.59 Å². The second kappa shape index (κ2) is 10.6. The second-order valence-electron chi connectivity index (χ2n) is 6.93. The van der Waals surface area contributed by atoms with Crippen LogP contribution >= 0.6 is 22.7 Å². The molecule has 0 aliphatic carbocycles. The number of thiophene rings is 1. The number of aromatic nitrogens is 1. The zero-order chi connectivity index (χ0) is 19.8. The molecule has 3 heterocycles. The van der Waals surface area contributed by atoms with E-state index >= 15 is 0 Å². The smallest absolute Gasteiger partial charge is 0.306 e. The van der Waals surface area contributed by atoms with Crippen LogP contribution in [0.15, 0.2) is 17.5 Å². The van der Waals surface area contributed by atoms with Crippen molar-refractivity contribution in [2.24, 2.45) is 0 Å². The van der Waals surface area contributed by atoms with Crippen LogP contribution < -0.4 is 5.32 Å². The number of carbonyl (C=O) groups excluding carboxylic acids is 2. The van der Waals surface area contributed by atoms with Crippen molar-refractivity contribution in [2.45, 2.75) is 45.4 Å². The third-order valence-corrected chi connectivity index (χ3v) is 6.47. The van der Waals surface area contributed by atoms with Crippen molar-refractivity contribution < 1.29 is 14.3 Å². The summed E-state index contributed by atoms with van der Waals surface area (Å²) in [4.78, 5) is 32.8. The predicted octanol–water partition coefficient (Wildman–Crippen LogP) is 4.32. The van der Waals surface area contributed by atoms with Gasteiger partial charge in [-0.25, -0.2) is 4.98 Å². The number of thiazole rings is 1. The van der Waals surface area contributed by atoms with E-state index in [0.717, 1.165) is 36.8 Å². The van der Waals surface area contributed by atoms with Gasteiger partial charge in [0.25, 0.3) is 5.91 Å². The number of nitrogens with zero attached hydrogens (tertiary/aromatic N) is 2. The predicted molar refractivity (Wildman–Crippen MR) is 114 cm³/mol. The summed E-state index contributed by atoms with van der Waals surface area (Å²) in [6.07, 6.45) is 5.35. The molecule has 1 N–H and O–H groups in total. The molecule has 1 aliphatic heterocycles. The van der Waals surface area contributed by atoms with Gasteiger partial charge in [-0.05, 0) is 38.3 Å². The average Bonchev–Trinajstić information content (AvgIpc) is 3.24. The van der Waals surface area contributed by atoms with E-state index in [4.69, 9.17) is 4.74 Å². The number of hydrogen-bond donors (Lipinski definition) is 1. The maximum absolute atomic E-state index is 12.1. The molecule has 0 unspecified atom stereocenters. The van der Waals surface area contributed by atoms with Crippen molar-refractivity contribution in [3.63, 3.8) is 0 Å². The van der Waals surface area contributed by atoms with Gasteiger partial charge < -0.3 is 15.0 Å². The van der Waals surface area contributed by atoms with E-state index < -0.39 is 0 Å². The molecule has 152 valence electrons. The van der Waals surface area contributed by atoms with Crippen molar-refractivity contribution in [3.05, 3.63) is 22.4 Å². The van der Waals surface area contributed by atoms with Crippen LogP contribution in [-0.4, -0.2) is 48.0 Å². The van der Waals surface area contributed by atoms with Gasteiger partial charge in [0.15, 0.2) is 11.7 Å². The van der Waals surface area contributed by atoms with Gasteiger partial charge in [0.2, 0.25) is 0 Å². The standard InChI is InChI=1S/C20H27N3O3S2/c1-15-8-9-17(28-15)16-14-27-20(22-16)21-10-6-7-19(25)26-13-18(24)23-11-4-2-3-5-12-23/h8-9,14H,2-7,10-13H2,1H3,(H,21,22). The van der Waals surface area contributed by atoms with Crippen LogP contribution in [0.1, 0.15) is 43.4 Å². The van der Waals surface area contributed by atoms with Gasteiger partial charge in [-0.15, -0.1) is 22.7 Å². The molecule has 1 fully saturated rings. The number of amides is 1. The zero-order valence-corrected chi connectivity index (χ0v) is 17.9. The first-order valence-electron chi connectivity index (χ1n) is 9.81. The zero-order valence-electron chi connectivity index (χ0n) is 16.2. The van der Waals surface area contributed by atoms with Crippen LogP contribution in [0.25, 0.3) is 10.6 Å². The molecule has 1 saturated heterocycles. The number of ether oxygens (including phenoxy) is 1. The van der Waals surface area contributed by atoms with Crippen molar-refractivity contribution in [1.82, 2.24) is 9.88 Å². The molecular formula is C20H27N3O3S2. The Morgan fingerprint density at radius 2 is 2.00 bits per heavy atom. The third-order valence-electron chi connectivity index (χ3n) is 4.65. The number of carbonyl (C=O) groups is 2. The number of hydrogen-bond acceptors (Lipinski definition) is 7. The van der Waals surface area contributed by atoms with E-state index in [2.05, 4.69) is 29.4 Å². The summed E-state index contributed by atoms with van der Waals surface area (Å²) in [6, 6.07) is 4.18. The van der Waals surface area contributed by atoms with E-state index in [-0.39, 0.29) is 18.5 Å². The lowest BCUT2D eigenvalue weighted by atomic mass is 10.2. The topological polar surface area (TPSA) is 71.5 Å². The number of rotatable bonds is 8. The maximum atomic E-state index is 12.1. The van der Waals surface area contributed by atoms with E-state index in [1.54, 1.807) is 22.7 Å². The van der Waals surface area contributed by atoms with Crippen LogP contribution in [0.4, 0.5) is 5.13 Å². The Morgan fingerprint density at radius 1 is 1.21 bits per heavy atom. The minimum atomic E-state index is -0.320. The fraction of sp³-hybridized carbons (Fsp3) is 0.550. The Balaban J connectivity index is 1.31. The first-order chi connectivity index (χ1) is 13.6. The Hall–Kier alpha value is -1.93. The number of esters is 1. The Morgan fingerprint density at radius 3 is 2.71 bits per heavy atom. The fourth-order valence-electron chi connectivity index (χ4n) is 3.09. The highest BCUT2D eigenvalue weighted by Gasteiger charge is 2.17. The summed E-state index contributed by atoms with van der Waals surface area (Å²) < 4.78 is 5.14. The number of aryl methyl sites for hydroxylation is 1. The lowest BCUT2D eigenvalue weighted by molar-refractivity contribution is -0.152. The van der Waals surface area contributed by atoms with E-state index in [1.165, 1.54) is 22.6 Å². The monoisotopic (exact) mass is 421 g/mol. The Labute approximate surface area is 173 Å². The highest BCUT2D eigenvalue weighted by Crippen LogP contribution is 2.30. The summed E-state index contributed by atoms with van der Waals surface area (Å²) in [5.74, 6) is -0.397. The molecule has 28 heavy (non-hydrogen) atoms. The average molecular weight is 422 g/mol. The molecule has 0 aromatic carbocycles. The first-order valence-corrected chi connectivity index (χ1v) is 11.5. The summed E-state index contributed by atoms with van der Waals surface area (Å²) in [6.45, 7) is 4.15. The van der Waals surface area contributed by atoms with Gasteiger partial charge >= 0.3 is 5.97 Å². The lowest BCUT2D eigenvalue weighted by Crippen LogP contribution is -2.35. The van der Waals surface area contributed by atoms with Gasteiger partial charge in [0.1, 0.15) is 0 Å². The normalized spacial score (nSPS) is 14.5. The number of likely N-dealkylation sites (tertiary alicyclic amines) is 1. The molecule has 0 spiro atoms. The number of anilines is 1. The van der Waals surface area contributed by atoms with Gasteiger partial charge in [-0.1, -0.05) is 12.8 Å². The Bertz CT molecular complexity index is 779. The minimum absolute atomic E-state index is 0.0764. The molecule has 6 nitrogen and oxygen atoms in total. The molecule has 1 aliphatic rings. The summed E-state index contributed by atoms with van der Waals surface area (Å²) in [5.41, 5.74) is 0.983. The second-order valence-corrected chi connectivity index (χ2v) is 9.08. The van der Waals surface area contributed by atoms with Crippen LogP contribution in [0.3, 0.4) is 0 Å². The molecule has 2 aromatic rings. The van der Waals surface area contributed by atoms with Crippen LogP contribution in [0.2, 0.25) is 0 Å². The first kappa shape index (κ1) is 20.8. The number of nitrogens with one attached hydrogen (secondary N) is 1. The molecule has 8 heteroatoms. The Kier molecular flexibility index (Phi) is 7.85. The fourth-order valence-corrected chi connectivity index (χ4v) is 4.74. The SMILES string of the molecule is Cc1ccc(-c2csc(NCCCC(=O)OCC(=O)N3CCCCCC3)n2)s1. The van der Waals surface area contributed by atoms with Crippen molar-refractivity contribution >= 4 is 39.7 Å². The largest absolute Gasteiger partial charge is 0.456 e. The van der Waals surface area contributed by atoms with E-state index in [9.17, 15) is 9.59 Å². The van der Waals surface area contributed by atoms with E-state index in [1.807, 2.05) is 10.3 Å². The quantitative estimate of drug-likeness (QED) is 0.508. The lowest BCUT2D eigenvalue weighted by Gasteiger charge is -2.19. The van der Waals surface area contributed by atoms with Crippen LogP contribution in [0.5, 0.6) is 0 Å². The molecular weight excluding hydrogens is 394 g/mol. The summed E-state index contributed by atoms with van der Waals surface area (Å²) >= 11 is 3.29. The summed E-state index contributed by atoms with van der Waals surface area (Å²) in [7, 11) is 0. The molecule has 2 aromatic heterocycles. The minimum Gasteiger partial charge on any atom is -0.456 e. The van der Waals surface area contributed by atoms with E-state index in [0.29, 0.717) is 19.4 Å². The molecule has 1 amide bonds. The molecule has 3 rings (SSSR count). The molecule has 0 bridgehead atoms. The van der Waals surface area contributed by atoms with Gasteiger partial charge in [0.05, 0.1) is 10.6 Å². The van der Waals surface area contributed by atoms with Crippen molar-refractivity contribution in [3.8, 4) is 10.6 Å². The highest BCUT2D eigenvalue weighted by molar-refractivity contribution is 7.16. The van der Waals surface area contributed by atoms with Crippen molar-refractivity contribution in [2.75, 3.05) is 31.6 Å². The van der Waals surface area contributed by atoms with Gasteiger partial charge in [-0.2, -0.15) is 0 Å². The maximum Gasteiger partial charge on any atom is 0.306 e. The van der Waals surface area contributed by atoms with Crippen LogP contribution in [0, 0.1) is 6.92 Å². The van der Waals surface area contributed by atoms with Gasteiger partial charge in [0, 0.05) is 36.3 Å². The van der Waals surface area contributed by atoms with Crippen LogP contribution in [-0.2, 0) is 14.3 Å².